The number of rotatable bonds is 8. The van der Waals surface area contributed by atoms with Crippen molar-refractivity contribution in [3.63, 3.8) is 0 Å². The van der Waals surface area contributed by atoms with Gasteiger partial charge >= 0.3 is 0 Å². The molecule has 0 aromatic heterocycles. The maximum atomic E-state index is 3.54. The van der Waals surface area contributed by atoms with Crippen LogP contribution in [0.5, 0.6) is 0 Å². The topological polar surface area (TPSA) is 15.3 Å². The SMILES string of the molecule is CCCCN(C)C(CNC(C)C)C(C)C. The lowest BCUT2D eigenvalue weighted by atomic mass is 10.0. The van der Waals surface area contributed by atoms with Crippen LogP contribution >= 0.6 is 0 Å². The van der Waals surface area contributed by atoms with Gasteiger partial charge in [0.1, 0.15) is 0 Å². The van der Waals surface area contributed by atoms with Crippen LogP contribution in [0.2, 0.25) is 0 Å². The highest BCUT2D eigenvalue weighted by molar-refractivity contribution is 4.75. The van der Waals surface area contributed by atoms with Gasteiger partial charge in [-0.1, -0.05) is 41.0 Å². The fraction of sp³-hybridized carbons (Fsp3) is 1.00. The fourth-order valence-corrected chi connectivity index (χ4v) is 1.83. The summed E-state index contributed by atoms with van der Waals surface area (Å²) in [4.78, 5) is 2.50. The maximum Gasteiger partial charge on any atom is 0.0240 e. The van der Waals surface area contributed by atoms with Crippen molar-refractivity contribution in [3.8, 4) is 0 Å². The first-order chi connectivity index (χ1) is 6.99. The van der Waals surface area contributed by atoms with Gasteiger partial charge in [-0.05, 0) is 25.9 Å². The number of nitrogens with one attached hydrogen (secondary N) is 1. The Bertz CT molecular complexity index is 143. The predicted molar refractivity (Wildman–Crippen MR) is 69.3 cm³/mol. The molecule has 0 rings (SSSR count). The Kier molecular flexibility index (Phi) is 8.07. The molecular formula is C13H30N2. The molecule has 0 aliphatic heterocycles. The van der Waals surface area contributed by atoms with Crippen LogP contribution in [-0.2, 0) is 0 Å². The second-order valence-corrected chi connectivity index (χ2v) is 5.21. The summed E-state index contributed by atoms with van der Waals surface area (Å²) in [7, 11) is 2.25. The lowest BCUT2D eigenvalue weighted by Crippen LogP contribution is -2.45. The lowest BCUT2D eigenvalue weighted by molar-refractivity contribution is 0.182. The quantitative estimate of drug-likeness (QED) is 0.668. The molecule has 0 saturated heterocycles. The first-order valence-electron chi connectivity index (χ1n) is 6.42. The lowest BCUT2D eigenvalue weighted by Gasteiger charge is -2.32. The summed E-state index contributed by atoms with van der Waals surface area (Å²) < 4.78 is 0. The Morgan fingerprint density at radius 1 is 1.13 bits per heavy atom. The number of likely N-dealkylation sites (N-methyl/N-ethyl adjacent to an activating group) is 1. The van der Waals surface area contributed by atoms with Crippen LogP contribution in [0.15, 0.2) is 0 Å². The van der Waals surface area contributed by atoms with Crippen molar-refractivity contribution in [2.75, 3.05) is 20.1 Å². The molecule has 15 heavy (non-hydrogen) atoms. The minimum atomic E-state index is 0.589. The Balaban J connectivity index is 4.01. The molecule has 2 nitrogen and oxygen atoms in total. The van der Waals surface area contributed by atoms with Crippen molar-refractivity contribution >= 4 is 0 Å². The van der Waals surface area contributed by atoms with E-state index in [-0.39, 0.29) is 0 Å². The third kappa shape index (κ3) is 6.91. The third-order valence-corrected chi connectivity index (χ3v) is 2.94. The van der Waals surface area contributed by atoms with Gasteiger partial charge in [0, 0.05) is 18.6 Å². The van der Waals surface area contributed by atoms with Crippen LogP contribution in [0, 0.1) is 5.92 Å². The molecule has 0 aromatic carbocycles. The van der Waals surface area contributed by atoms with E-state index < -0.39 is 0 Å². The smallest absolute Gasteiger partial charge is 0.0240 e. The highest BCUT2D eigenvalue weighted by atomic mass is 15.2. The normalized spacial score (nSPS) is 14.2. The van der Waals surface area contributed by atoms with Crippen molar-refractivity contribution in [1.82, 2.24) is 10.2 Å². The van der Waals surface area contributed by atoms with Crippen molar-refractivity contribution in [1.29, 1.82) is 0 Å². The monoisotopic (exact) mass is 214 g/mol. The van der Waals surface area contributed by atoms with Crippen LogP contribution in [0.25, 0.3) is 0 Å². The zero-order valence-corrected chi connectivity index (χ0v) is 11.5. The zero-order chi connectivity index (χ0) is 11.8. The molecular weight excluding hydrogens is 184 g/mol. The second kappa shape index (κ2) is 8.12. The number of hydrogen-bond acceptors (Lipinski definition) is 2. The van der Waals surface area contributed by atoms with Crippen LogP contribution in [0.3, 0.4) is 0 Å². The Morgan fingerprint density at radius 3 is 2.13 bits per heavy atom. The molecule has 0 bridgehead atoms. The highest BCUT2D eigenvalue weighted by Crippen LogP contribution is 2.09. The summed E-state index contributed by atoms with van der Waals surface area (Å²) in [6.45, 7) is 13.6. The van der Waals surface area contributed by atoms with Crippen LogP contribution in [0.4, 0.5) is 0 Å². The third-order valence-electron chi connectivity index (χ3n) is 2.94. The molecule has 2 heteroatoms. The number of nitrogens with zero attached hydrogens (tertiary/aromatic N) is 1. The molecule has 1 atom stereocenters. The van der Waals surface area contributed by atoms with Crippen molar-refractivity contribution in [3.05, 3.63) is 0 Å². The molecule has 0 spiro atoms. The summed E-state index contributed by atoms with van der Waals surface area (Å²) >= 11 is 0. The first kappa shape index (κ1) is 14.9. The molecule has 0 radical (unpaired) electrons. The Labute approximate surface area is 96.4 Å². The van der Waals surface area contributed by atoms with Crippen molar-refractivity contribution in [2.24, 2.45) is 5.92 Å². The van der Waals surface area contributed by atoms with Gasteiger partial charge in [-0.15, -0.1) is 0 Å². The van der Waals surface area contributed by atoms with Gasteiger partial charge in [-0.2, -0.15) is 0 Å². The van der Waals surface area contributed by atoms with E-state index in [2.05, 4.69) is 51.9 Å². The fourth-order valence-electron chi connectivity index (χ4n) is 1.83. The van der Waals surface area contributed by atoms with Crippen molar-refractivity contribution < 1.29 is 0 Å². The van der Waals surface area contributed by atoms with Gasteiger partial charge in [0.2, 0.25) is 0 Å². The summed E-state index contributed by atoms with van der Waals surface area (Å²) in [5.41, 5.74) is 0. The summed E-state index contributed by atoms with van der Waals surface area (Å²) in [6, 6.07) is 1.25. The van der Waals surface area contributed by atoms with E-state index in [1.807, 2.05) is 0 Å². The van der Waals surface area contributed by atoms with Crippen LogP contribution in [-0.4, -0.2) is 37.1 Å². The summed E-state index contributed by atoms with van der Waals surface area (Å²) in [5.74, 6) is 0.720. The average molecular weight is 214 g/mol. The highest BCUT2D eigenvalue weighted by Gasteiger charge is 2.17. The van der Waals surface area contributed by atoms with Gasteiger partial charge in [-0.3, -0.25) is 0 Å². The number of hydrogen-bond donors (Lipinski definition) is 1. The molecule has 0 fully saturated rings. The molecule has 0 saturated carbocycles. The zero-order valence-electron chi connectivity index (χ0n) is 11.5. The minimum Gasteiger partial charge on any atom is -0.313 e. The Morgan fingerprint density at radius 2 is 1.73 bits per heavy atom. The predicted octanol–water partition coefficient (Wildman–Crippen LogP) is 2.74. The first-order valence-corrected chi connectivity index (χ1v) is 6.42. The summed E-state index contributed by atoms with van der Waals surface area (Å²) in [6.07, 6.45) is 2.59. The molecule has 0 aliphatic carbocycles. The molecule has 0 aliphatic rings. The van der Waals surface area contributed by atoms with Gasteiger partial charge in [-0.25, -0.2) is 0 Å². The molecule has 1 N–H and O–H groups in total. The van der Waals surface area contributed by atoms with Crippen LogP contribution in [0.1, 0.15) is 47.5 Å². The molecule has 0 aromatic rings. The molecule has 0 heterocycles. The maximum absolute atomic E-state index is 3.54. The summed E-state index contributed by atoms with van der Waals surface area (Å²) in [5, 5.41) is 3.54. The van der Waals surface area contributed by atoms with E-state index >= 15 is 0 Å². The number of unbranched alkanes of at least 4 members (excludes halogenated alkanes) is 1. The second-order valence-electron chi connectivity index (χ2n) is 5.21. The van der Waals surface area contributed by atoms with E-state index in [1.165, 1.54) is 19.4 Å². The van der Waals surface area contributed by atoms with Gasteiger partial charge < -0.3 is 10.2 Å². The molecule has 1 unspecified atom stereocenters. The van der Waals surface area contributed by atoms with E-state index in [0.717, 1.165) is 12.5 Å². The standard InChI is InChI=1S/C13H30N2/c1-7-8-9-15(6)13(11(2)3)10-14-12(4)5/h11-14H,7-10H2,1-6H3. The van der Waals surface area contributed by atoms with E-state index in [0.29, 0.717) is 12.1 Å². The molecule has 0 amide bonds. The van der Waals surface area contributed by atoms with Gasteiger partial charge in [0.15, 0.2) is 0 Å². The van der Waals surface area contributed by atoms with Gasteiger partial charge in [0.05, 0.1) is 0 Å². The van der Waals surface area contributed by atoms with E-state index in [9.17, 15) is 0 Å². The van der Waals surface area contributed by atoms with Crippen LogP contribution < -0.4 is 5.32 Å². The van der Waals surface area contributed by atoms with Gasteiger partial charge in [0.25, 0.3) is 0 Å². The van der Waals surface area contributed by atoms with E-state index in [4.69, 9.17) is 0 Å². The van der Waals surface area contributed by atoms with Crippen molar-refractivity contribution in [2.45, 2.75) is 59.5 Å². The Hall–Kier alpha value is -0.0800. The minimum absolute atomic E-state index is 0.589. The average Bonchev–Trinajstić information content (AvgIpc) is 2.13. The van der Waals surface area contributed by atoms with E-state index in [1.54, 1.807) is 0 Å². The molecule has 92 valence electrons. The largest absolute Gasteiger partial charge is 0.313 e.